The largest absolute Gasteiger partial charge is 0.308 e. The smallest absolute Gasteiger partial charge is 0.0518 e. The summed E-state index contributed by atoms with van der Waals surface area (Å²) in [4.78, 5) is 0. The highest BCUT2D eigenvalue weighted by molar-refractivity contribution is 8.00. The standard InChI is InChI=1S/C12H23N3S/c1-10(9-16-12(2,3)4)13-8-11-6-7-14-15(11)5/h6-7,10,13H,8-9H2,1-5H3/t10-/m1/s1. The van der Waals surface area contributed by atoms with Gasteiger partial charge < -0.3 is 5.32 Å². The number of aromatic nitrogens is 2. The molecule has 0 aromatic carbocycles. The highest BCUT2D eigenvalue weighted by atomic mass is 32.2. The summed E-state index contributed by atoms with van der Waals surface area (Å²) in [6, 6.07) is 2.58. The lowest BCUT2D eigenvalue weighted by molar-refractivity contribution is 0.563. The maximum Gasteiger partial charge on any atom is 0.0518 e. The van der Waals surface area contributed by atoms with Gasteiger partial charge in [-0.05, 0) is 13.0 Å². The first kappa shape index (κ1) is 13.6. The summed E-state index contributed by atoms with van der Waals surface area (Å²) in [7, 11) is 1.98. The van der Waals surface area contributed by atoms with Crippen molar-refractivity contribution in [3.63, 3.8) is 0 Å². The quantitative estimate of drug-likeness (QED) is 0.858. The number of hydrogen-bond donors (Lipinski definition) is 1. The Morgan fingerprint density at radius 2 is 2.19 bits per heavy atom. The van der Waals surface area contributed by atoms with Gasteiger partial charge in [0.1, 0.15) is 0 Å². The van der Waals surface area contributed by atoms with Crippen molar-refractivity contribution in [3.05, 3.63) is 18.0 Å². The first-order valence-corrected chi connectivity index (χ1v) is 6.71. The van der Waals surface area contributed by atoms with Crippen LogP contribution in [0.4, 0.5) is 0 Å². The van der Waals surface area contributed by atoms with Gasteiger partial charge in [-0.2, -0.15) is 16.9 Å². The van der Waals surface area contributed by atoms with Crippen molar-refractivity contribution in [2.24, 2.45) is 7.05 Å². The van der Waals surface area contributed by atoms with E-state index in [1.54, 1.807) is 0 Å². The molecule has 1 N–H and O–H groups in total. The second-order valence-electron chi connectivity index (χ2n) is 5.15. The first-order valence-electron chi connectivity index (χ1n) is 5.73. The van der Waals surface area contributed by atoms with E-state index in [4.69, 9.17) is 0 Å². The summed E-state index contributed by atoms with van der Waals surface area (Å²) in [5.41, 5.74) is 1.23. The van der Waals surface area contributed by atoms with E-state index >= 15 is 0 Å². The van der Waals surface area contributed by atoms with E-state index in [1.807, 2.05) is 29.7 Å². The van der Waals surface area contributed by atoms with E-state index < -0.39 is 0 Å². The lowest BCUT2D eigenvalue weighted by Gasteiger charge is -2.21. The van der Waals surface area contributed by atoms with Crippen molar-refractivity contribution in [1.82, 2.24) is 15.1 Å². The molecular weight excluding hydrogens is 218 g/mol. The summed E-state index contributed by atoms with van der Waals surface area (Å²) in [5, 5.41) is 7.67. The summed E-state index contributed by atoms with van der Waals surface area (Å²) < 4.78 is 2.26. The zero-order chi connectivity index (χ0) is 12.2. The molecule has 0 saturated carbocycles. The van der Waals surface area contributed by atoms with Crippen molar-refractivity contribution < 1.29 is 0 Å². The molecule has 0 saturated heterocycles. The Bertz CT molecular complexity index is 314. The van der Waals surface area contributed by atoms with Gasteiger partial charge in [0.2, 0.25) is 0 Å². The van der Waals surface area contributed by atoms with Gasteiger partial charge in [0.15, 0.2) is 0 Å². The number of rotatable bonds is 5. The van der Waals surface area contributed by atoms with Crippen LogP contribution in [0.3, 0.4) is 0 Å². The highest BCUT2D eigenvalue weighted by Gasteiger charge is 2.12. The molecule has 0 fully saturated rings. The van der Waals surface area contributed by atoms with Crippen LogP contribution >= 0.6 is 11.8 Å². The molecule has 0 aliphatic rings. The molecule has 0 radical (unpaired) electrons. The Kier molecular flexibility index (Phi) is 4.87. The van der Waals surface area contributed by atoms with Gasteiger partial charge in [0.25, 0.3) is 0 Å². The third kappa shape index (κ3) is 5.03. The zero-order valence-corrected chi connectivity index (χ0v) is 11.8. The molecule has 1 rings (SSSR count). The monoisotopic (exact) mass is 241 g/mol. The highest BCUT2D eigenvalue weighted by Crippen LogP contribution is 2.23. The van der Waals surface area contributed by atoms with Crippen LogP contribution in [-0.4, -0.2) is 26.3 Å². The normalized spacial score (nSPS) is 14.1. The lowest BCUT2D eigenvalue weighted by Crippen LogP contribution is -2.30. The second-order valence-corrected chi connectivity index (χ2v) is 7.00. The van der Waals surface area contributed by atoms with E-state index in [2.05, 4.69) is 44.2 Å². The SMILES string of the molecule is C[C@H](CSC(C)(C)C)NCc1ccnn1C. The van der Waals surface area contributed by atoms with E-state index in [1.165, 1.54) is 5.69 Å². The molecule has 3 nitrogen and oxygen atoms in total. The predicted octanol–water partition coefficient (Wildman–Crippen LogP) is 2.43. The summed E-state index contributed by atoms with van der Waals surface area (Å²) in [5.74, 6) is 1.14. The van der Waals surface area contributed by atoms with E-state index in [0.717, 1.165) is 12.3 Å². The lowest BCUT2D eigenvalue weighted by atomic mass is 10.3. The van der Waals surface area contributed by atoms with E-state index in [0.29, 0.717) is 10.8 Å². The van der Waals surface area contributed by atoms with Crippen LogP contribution in [0.15, 0.2) is 12.3 Å². The molecule has 4 heteroatoms. The van der Waals surface area contributed by atoms with Crippen LogP contribution in [0.1, 0.15) is 33.4 Å². The van der Waals surface area contributed by atoms with E-state index in [9.17, 15) is 0 Å². The number of nitrogens with zero attached hydrogens (tertiary/aromatic N) is 2. The van der Waals surface area contributed by atoms with Crippen LogP contribution in [-0.2, 0) is 13.6 Å². The van der Waals surface area contributed by atoms with E-state index in [-0.39, 0.29) is 0 Å². The Morgan fingerprint density at radius 1 is 1.50 bits per heavy atom. The number of thioether (sulfide) groups is 1. The fourth-order valence-corrected chi connectivity index (χ4v) is 2.16. The van der Waals surface area contributed by atoms with Crippen LogP contribution in [0.2, 0.25) is 0 Å². The van der Waals surface area contributed by atoms with Gasteiger partial charge >= 0.3 is 0 Å². The van der Waals surface area contributed by atoms with Crippen LogP contribution < -0.4 is 5.32 Å². The second kappa shape index (κ2) is 5.73. The molecule has 16 heavy (non-hydrogen) atoms. The first-order chi connectivity index (χ1) is 7.38. The van der Waals surface area contributed by atoms with Crippen LogP contribution in [0.25, 0.3) is 0 Å². The summed E-state index contributed by atoms with van der Waals surface area (Å²) in [6.45, 7) is 9.89. The van der Waals surface area contributed by atoms with Gasteiger partial charge in [-0.3, -0.25) is 4.68 Å². The number of hydrogen-bond acceptors (Lipinski definition) is 3. The fourth-order valence-electron chi connectivity index (χ4n) is 1.29. The molecule has 0 spiro atoms. The third-order valence-electron chi connectivity index (χ3n) is 2.32. The summed E-state index contributed by atoms with van der Waals surface area (Å²) in [6.07, 6.45) is 1.84. The molecule has 0 aliphatic carbocycles. The van der Waals surface area contributed by atoms with Crippen molar-refractivity contribution in [2.45, 2.75) is 45.0 Å². The molecule has 1 aromatic heterocycles. The van der Waals surface area contributed by atoms with Crippen molar-refractivity contribution in [3.8, 4) is 0 Å². The Morgan fingerprint density at radius 3 is 2.69 bits per heavy atom. The average molecular weight is 241 g/mol. The van der Waals surface area contributed by atoms with Gasteiger partial charge in [0, 0.05) is 36.3 Å². The van der Waals surface area contributed by atoms with Gasteiger partial charge in [-0.15, -0.1) is 0 Å². The molecule has 1 atom stereocenters. The fraction of sp³-hybridized carbons (Fsp3) is 0.750. The van der Waals surface area contributed by atoms with Crippen LogP contribution in [0.5, 0.6) is 0 Å². The van der Waals surface area contributed by atoms with Gasteiger partial charge in [-0.1, -0.05) is 20.8 Å². The minimum atomic E-state index is 0.350. The van der Waals surface area contributed by atoms with Gasteiger partial charge in [-0.25, -0.2) is 0 Å². The maximum absolute atomic E-state index is 4.15. The zero-order valence-electron chi connectivity index (χ0n) is 10.9. The Hall–Kier alpha value is -0.480. The van der Waals surface area contributed by atoms with Crippen molar-refractivity contribution in [2.75, 3.05) is 5.75 Å². The Labute approximate surface area is 103 Å². The topological polar surface area (TPSA) is 29.9 Å². The van der Waals surface area contributed by atoms with Crippen molar-refractivity contribution >= 4 is 11.8 Å². The minimum Gasteiger partial charge on any atom is -0.308 e. The Balaban J connectivity index is 2.25. The van der Waals surface area contributed by atoms with Crippen LogP contribution in [0, 0.1) is 0 Å². The maximum atomic E-state index is 4.15. The summed E-state index contributed by atoms with van der Waals surface area (Å²) >= 11 is 2.00. The number of nitrogens with one attached hydrogen (secondary N) is 1. The molecule has 0 aliphatic heterocycles. The molecule has 1 heterocycles. The third-order valence-corrected chi connectivity index (χ3v) is 3.85. The number of aryl methyl sites for hydroxylation is 1. The minimum absolute atomic E-state index is 0.350. The molecule has 0 unspecified atom stereocenters. The van der Waals surface area contributed by atoms with Gasteiger partial charge in [0.05, 0.1) is 5.69 Å². The molecule has 0 amide bonds. The average Bonchev–Trinajstić information content (AvgIpc) is 2.57. The molecular formula is C12H23N3S. The molecule has 1 aromatic rings. The van der Waals surface area contributed by atoms with Crippen molar-refractivity contribution in [1.29, 1.82) is 0 Å². The predicted molar refractivity (Wildman–Crippen MR) is 71.7 cm³/mol. The molecule has 0 bridgehead atoms. The molecule has 92 valence electrons.